The molecule has 0 unspecified atom stereocenters. The van der Waals surface area contributed by atoms with Crippen molar-refractivity contribution in [3.8, 4) is 23.7 Å². The molecule has 0 aliphatic carbocycles. The average molecular weight is 416 g/mol. The van der Waals surface area contributed by atoms with Crippen molar-refractivity contribution in [1.29, 1.82) is 0 Å². The minimum atomic E-state index is 1.000. The highest BCUT2D eigenvalue weighted by atomic mass is 79.9. The average Bonchev–Trinajstić information content (AvgIpc) is 2.38. The van der Waals surface area contributed by atoms with E-state index >= 15 is 0 Å². The second-order valence-electron chi connectivity index (χ2n) is 5.38. The zero-order chi connectivity index (χ0) is 16.3. The smallest absolute Gasteiger partial charge is 0.0427 e. The van der Waals surface area contributed by atoms with Crippen molar-refractivity contribution >= 4 is 31.9 Å². The first-order chi connectivity index (χ1) is 10.4. The Bertz CT molecular complexity index is 733. The molecule has 0 aromatic heterocycles. The lowest BCUT2D eigenvalue weighted by atomic mass is 10.1. The molecule has 2 rings (SSSR count). The maximum atomic E-state index is 3.57. The monoisotopic (exact) mass is 414 g/mol. The van der Waals surface area contributed by atoms with Gasteiger partial charge >= 0.3 is 0 Å². The highest BCUT2D eigenvalue weighted by molar-refractivity contribution is 9.10. The topological polar surface area (TPSA) is 0 Å². The molecule has 110 valence electrons. The van der Waals surface area contributed by atoms with Gasteiger partial charge in [0.05, 0.1) is 0 Å². The van der Waals surface area contributed by atoms with E-state index in [2.05, 4.69) is 108 Å². The van der Waals surface area contributed by atoms with Gasteiger partial charge in [-0.25, -0.2) is 0 Å². The third kappa shape index (κ3) is 4.04. The molecular formula is C20H16Br2. The molecule has 0 spiro atoms. The predicted molar refractivity (Wildman–Crippen MR) is 101 cm³/mol. The molecule has 0 aliphatic rings. The van der Waals surface area contributed by atoms with Gasteiger partial charge in [0.1, 0.15) is 0 Å². The summed E-state index contributed by atoms with van der Waals surface area (Å²) in [6.07, 6.45) is 0. The summed E-state index contributed by atoms with van der Waals surface area (Å²) >= 11 is 7.14. The Morgan fingerprint density at radius 1 is 0.636 bits per heavy atom. The molecule has 2 heteroatoms. The lowest BCUT2D eigenvalue weighted by Crippen LogP contribution is -1.87. The molecule has 0 nitrogen and oxygen atoms in total. The highest BCUT2D eigenvalue weighted by Crippen LogP contribution is 2.22. The minimum absolute atomic E-state index is 1.000. The summed E-state index contributed by atoms with van der Waals surface area (Å²) in [5.41, 5.74) is 6.77. The number of hydrogen-bond acceptors (Lipinski definition) is 0. The number of halogens is 2. The van der Waals surface area contributed by atoms with Crippen LogP contribution in [0.3, 0.4) is 0 Å². The molecule has 2 aromatic rings. The molecular weight excluding hydrogens is 400 g/mol. The Morgan fingerprint density at radius 3 is 1.32 bits per heavy atom. The van der Waals surface area contributed by atoms with Crippen LogP contribution < -0.4 is 0 Å². The molecule has 0 fully saturated rings. The van der Waals surface area contributed by atoms with Gasteiger partial charge in [0.25, 0.3) is 0 Å². The summed E-state index contributed by atoms with van der Waals surface area (Å²) in [5.74, 6) is 12.2. The van der Waals surface area contributed by atoms with Gasteiger partial charge in [0, 0.05) is 20.1 Å². The largest absolute Gasteiger partial charge is 0.0551 e. The number of aryl methyl sites for hydroxylation is 4. The van der Waals surface area contributed by atoms with Crippen molar-refractivity contribution in [2.75, 3.05) is 0 Å². The van der Waals surface area contributed by atoms with Crippen molar-refractivity contribution in [2.45, 2.75) is 27.7 Å². The maximum Gasteiger partial charge on any atom is 0.0427 e. The Hall–Kier alpha value is -1.48. The minimum Gasteiger partial charge on any atom is -0.0551 e. The molecule has 2 aromatic carbocycles. The van der Waals surface area contributed by atoms with Gasteiger partial charge in [0.2, 0.25) is 0 Å². The quantitative estimate of drug-likeness (QED) is 0.473. The summed E-state index contributed by atoms with van der Waals surface area (Å²) < 4.78 is 2.04. The van der Waals surface area contributed by atoms with Crippen molar-refractivity contribution in [1.82, 2.24) is 0 Å². The van der Waals surface area contributed by atoms with Crippen molar-refractivity contribution in [3.63, 3.8) is 0 Å². The van der Waals surface area contributed by atoms with E-state index in [9.17, 15) is 0 Å². The van der Waals surface area contributed by atoms with Crippen LogP contribution in [0, 0.1) is 51.4 Å². The van der Waals surface area contributed by atoms with Crippen molar-refractivity contribution in [2.24, 2.45) is 0 Å². The van der Waals surface area contributed by atoms with Crippen LogP contribution in [-0.2, 0) is 0 Å². The molecule has 0 aliphatic heterocycles. The van der Waals surface area contributed by atoms with Crippen LogP contribution in [0.5, 0.6) is 0 Å². The molecule has 0 saturated heterocycles. The first-order valence-electron chi connectivity index (χ1n) is 6.94. The first-order valence-corrected chi connectivity index (χ1v) is 8.52. The summed E-state index contributed by atoms with van der Waals surface area (Å²) in [6.45, 7) is 8.28. The fourth-order valence-electron chi connectivity index (χ4n) is 2.34. The first kappa shape index (κ1) is 16.9. The summed E-state index contributed by atoms with van der Waals surface area (Å²) in [4.78, 5) is 0. The molecule has 0 bridgehead atoms. The van der Waals surface area contributed by atoms with Gasteiger partial charge in [-0.2, -0.15) is 0 Å². The SMILES string of the molecule is Cc1cc(C)c(C#CC#Cc2c(C)cc(C)cc2Br)c(Br)c1. The van der Waals surface area contributed by atoms with Crippen molar-refractivity contribution in [3.05, 3.63) is 66.6 Å². The lowest BCUT2D eigenvalue weighted by molar-refractivity contribution is 1.34. The molecule has 22 heavy (non-hydrogen) atoms. The van der Waals surface area contributed by atoms with Gasteiger partial charge < -0.3 is 0 Å². The van der Waals surface area contributed by atoms with Crippen LogP contribution in [0.15, 0.2) is 33.2 Å². The molecule has 0 atom stereocenters. The summed E-state index contributed by atoms with van der Waals surface area (Å²) in [6, 6.07) is 8.40. The van der Waals surface area contributed by atoms with Gasteiger partial charge in [-0.05, 0) is 106 Å². The Kier molecular flexibility index (Phi) is 5.52. The second-order valence-corrected chi connectivity index (χ2v) is 7.09. The fourth-order valence-corrected chi connectivity index (χ4v) is 3.88. The second kappa shape index (κ2) is 7.19. The molecule has 0 amide bonds. The molecule has 0 heterocycles. The lowest BCUT2D eigenvalue weighted by Gasteiger charge is -2.03. The Labute approximate surface area is 149 Å². The number of hydrogen-bond donors (Lipinski definition) is 0. The summed E-state index contributed by atoms with van der Waals surface area (Å²) in [7, 11) is 0. The van der Waals surface area contributed by atoms with E-state index in [0.29, 0.717) is 0 Å². The van der Waals surface area contributed by atoms with E-state index in [4.69, 9.17) is 0 Å². The van der Waals surface area contributed by atoms with Crippen LogP contribution in [0.25, 0.3) is 0 Å². The van der Waals surface area contributed by atoms with E-state index in [1.165, 1.54) is 11.1 Å². The maximum absolute atomic E-state index is 3.57. The standard InChI is InChI=1S/C20H16Br2/c1-13-9-15(3)17(19(21)11-13)7-5-6-8-18-16(4)10-14(2)12-20(18)22/h9-12H,1-4H3. The molecule has 0 radical (unpaired) electrons. The van der Waals surface area contributed by atoms with Crippen LogP contribution in [0.4, 0.5) is 0 Å². The third-order valence-corrected chi connectivity index (χ3v) is 4.55. The van der Waals surface area contributed by atoms with E-state index < -0.39 is 0 Å². The van der Waals surface area contributed by atoms with Crippen LogP contribution >= 0.6 is 31.9 Å². The predicted octanol–water partition coefficient (Wildman–Crippen LogP) is 5.85. The van der Waals surface area contributed by atoms with Gasteiger partial charge in [-0.15, -0.1) is 0 Å². The van der Waals surface area contributed by atoms with E-state index in [0.717, 1.165) is 31.2 Å². The van der Waals surface area contributed by atoms with E-state index in [1.807, 2.05) is 0 Å². The van der Waals surface area contributed by atoms with Crippen molar-refractivity contribution < 1.29 is 0 Å². The number of rotatable bonds is 0. The van der Waals surface area contributed by atoms with Crippen LogP contribution in [0.1, 0.15) is 33.4 Å². The Morgan fingerprint density at radius 2 is 1.00 bits per heavy atom. The number of benzene rings is 2. The van der Waals surface area contributed by atoms with E-state index in [-0.39, 0.29) is 0 Å². The van der Waals surface area contributed by atoms with Gasteiger partial charge in [-0.3, -0.25) is 0 Å². The molecule has 0 N–H and O–H groups in total. The normalized spacial score (nSPS) is 9.55. The molecule has 0 saturated carbocycles. The third-order valence-electron chi connectivity index (χ3n) is 3.30. The fraction of sp³-hybridized carbons (Fsp3) is 0.200. The Balaban J connectivity index is 2.35. The van der Waals surface area contributed by atoms with E-state index in [1.54, 1.807) is 0 Å². The van der Waals surface area contributed by atoms with Gasteiger partial charge in [-0.1, -0.05) is 24.0 Å². The zero-order valence-corrected chi connectivity index (χ0v) is 16.2. The zero-order valence-electron chi connectivity index (χ0n) is 13.1. The van der Waals surface area contributed by atoms with Crippen LogP contribution in [0.2, 0.25) is 0 Å². The van der Waals surface area contributed by atoms with Crippen LogP contribution in [-0.4, -0.2) is 0 Å². The highest BCUT2D eigenvalue weighted by Gasteiger charge is 2.02. The summed E-state index contributed by atoms with van der Waals surface area (Å²) in [5, 5.41) is 0. The van der Waals surface area contributed by atoms with Gasteiger partial charge in [0.15, 0.2) is 0 Å².